The van der Waals surface area contributed by atoms with E-state index in [1.165, 1.54) is 38.3 Å². The van der Waals surface area contributed by atoms with Crippen LogP contribution in [-0.2, 0) is 6.18 Å². The largest absolute Gasteiger partial charge is 0.494 e. The topological polar surface area (TPSA) is 135 Å². The number of hydrogen-bond acceptors (Lipinski definition) is 6. The lowest BCUT2D eigenvalue weighted by Crippen LogP contribution is -2.19. The highest BCUT2D eigenvalue weighted by Gasteiger charge is 2.38. The smallest absolute Gasteiger partial charge is 0.433 e. The number of nitrogens with one attached hydrogen (secondary N) is 2. The van der Waals surface area contributed by atoms with Gasteiger partial charge in [-0.2, -0.15) is 17.7 Å². The molecule has 0 aliphatic rings. The molecule has 0 amide bonds. The number of aromatic nitrogens is 4. The standard InChI is InChI=1S/C23H17F3N6O3/c1-10-15(21-30-17-13(34-2)8-12(19(27)28)9-14(17)35-21)22(33)32-20(29-10)16(11-6-4-3-5-7-11)18(31-32)23(24,25)26/h3-9,31H,1-2H3,(H3,27,28). The van der Waals surface area contributed by atoms with Crippen molar-refractivity contribution in [1.29, 1.82) is 5.41 Å². The fraction of sp³-hybridized carbons (Fsp3) is 0.130. The summed E-state index contributed by atoms with van der Waals surface area (Å²) in [5.74, 6) is -0.144. The molecule has 0 aliphatic carbocycles. The molecular formula is C23H17F3N6O3. The van der Waals surface area contributed by atoms with Crippen LogP contribution in [0.3, 0.4) is 0 Å². The van der Waals surface area contributed by atoms with Gasteiger partial charge in [-0.25, -0.2) is 9.97 Å². The van der Waals surface area contributed by atoms with Gasteiger partial charge in [0, 0.05) is 5.56 Å². The van der Waals surface area contributed by atoms with Gasteiger partial charge in [-0.15, -0.1) is 0 Å². The Morgan fingerprint density at radius 2 is 1.89 bits per heavy atom. The van der Waals surface area contributed by atoms with E-state index in [1.807, 2.05) is 0 Å². The first-order valence-corrected chi connectivity index (χ1v) is 10.2. The second kappa shape index (κ2) is 7.72. The van der Waals surface area contributed by atoms with Crippen molar-refractivity contribution in [3.63, 3.8) is 0 Å². The van der Waals surface area contributed by atoms with Crippen molar-refractivity contribution in [2.24, 2.45) is 5.73 Å². The van der Waals surface area contributed by atoms with Gasteiger partial charge in [0.05, 0.1) is 18.4 Å². The average molecular weight is 482 g/mol. The molecule has 4 N–H and O–H groups in total. The number of alkyl halides is 3. The van der Waals surface area contributed by atoms with Crippen LogP contribution >= 0.6 is 0 Å². The quantitative estimate of drug-likeness (QED) is 0.261. The lowest BCUT2D eigenvalue weighted by molar-refractivity contribution is -0.140. The molecule has 3 heterocycles. The molecule has 0 saturated heterocycles. The monoisotopic (exact) mass is 482 g/mol. The van der Waals surface area contributed by atoms with Gasteiger partial charge >= 0.3 is 6.18 Å². The first-order chi connectivity index (χ1) is 16.6. The number of methoxy groups -OCH3 is 1. The number of ether oxygens (including phenoxy) is 1. The Morgan fingerprint density at radius 1 is 1.17 bits per heavy atom. The van der Waals surface area contributed by atoms with Gasteiger partial charge < -0.3 is 14.9 Å². The molecule has 0 radical (unpaired) electrons. The Morgan fingerprint density at radius 3 is 2.51 bits per heavy atom. The summed E-state index contributed by atoms with van der Waals surface area (Å²) in [6, 6.07) is 10.8. The summed E-state index contributed by atoms with van der Waals surface area (Å²) in [6.45, 7) is 1.48. The highest BCUT2D eigenvalue weighted by Crippen LogP contribution is 2.38. The first kappa shape index (κ1) is 22.2. The van der Waals surface area contributed by atoms with Crippen molar-refractivity contribution < 1.29 is 22.3 Å². The van der Waals surface area contributed by atoms with E-state index in [4.69, 9.17) is 20.3 Å². The number of oxazole rings is 1. The average Bonchev–Trinajstić information content (AvgIpc) is 3.40. The van der Waals surface area contributed by atoms with Crippen molar-refractivity contribution >= 4 is 22.6 Å². The van der Waals surface area contributed by atoms with Gasteiger partial charge in [0.15, 0.2) is 16.7 Å². The van der Waals surface area contributed by atoms with Crippen LogP contribution in [0.2, 0.25) is 0 Å². The lowest BCUT2D eigenvalue weighted by Gasteiger charge is -2.07. The molecule has 0 atom stereocenters. The maximum Gasteiger partial charge on any atom is 0.433 e. The second-order valence-corrected chi connectivity index (χ2v) is 7.72. The Balaban J connectivity index is 1.80. The van der Waals surface area contributed by atoms with Gasteiger partial charge in [0.1, 0.15) is 22.8 Å². The molecule has 2 aromatic carbocycles. The van der Waals surface area contributed by atoms with E-state index in [-0.39, 0.29) is 56.6 Å². The number of H-pyrrole nitrogens is 1. The zero-order valence-corrected chi connectivity index (χ0v) is 18.3. The van der Waals surface area contributed by atoms with E-state index in [9.17, 15) is 18.0 Å². The number of rotatable bonds is 4. The van der Waals surface area contributed by atoms with Crippen molar-refractivity contribution in [2.75, 3.05) is 7.11 Å². The summed E-state index contributed by atoms with van der Waals surface area (Å²) in [7, 11) is 1.39. The molecule has 0 bridgehead atoms. The number of nitrogen functional groups attached to an aromatic ring is 1. The predicted octanol–water partition coefficient (Wildman–Crippen LogP) is 4.12. The molecule has 0 saturated carbocycles. The summed E-state index contributed by atoms with van der Waals surface area (Å²) < 4.78 is 53.5. The highest BCUT2D eigenvalue weighted by atomic mass is 19.4. The third-order valence-corrected chi connectivity index (χ3v) is 5.51. The number of aromatic amines is 1. The molecule has 12 heteroatoms. The maximum absolute atomic E-state index is 13.9. The lowest BCUT2D eigenvalue weighted by atomic mass is 10.1. The predicted molar refractivity (Wildman–Crippen MR) is 122 cm³/mol. The number of fused-ring (bicyclic) bond motifs is 2. The van der Waals surface area contributed by atoms with Crippen LogP contribution in [0.4, 0.5) is 13.2 Å². The zero-order valence-electron chi connectivity index (χ0n) is 18.3. The van der Waals surface area contributed by atoms with Crippen molar-refractivity contribution in [2.45, 2.75) is 13.1 Å². The van der Waals surface area contributed by atoms with Gasteiger partial charge in [-0.05, 0) is 24.6 Å². The van der Waals surface area contributed by atoms with Gasteiger partial charge in [0.2, 0.25) is 5.89 Å². The minimum absolute atomic E-state index is 0.122. The summed E-state index contributed by atoms with van der Waals surface area (Å²) in [4.78, 5) is 22.1. The normalized spacial score (nSPS) is 11.9. The van der Waals surface area contributed by atoms with Gasteiger partial charge in [-0.3, -0.25) is 15.3 Å². The molecular weight excluding hydrogens is 465 g/mol. The molecule has 9 nitrogen and oxygen atoms in total. The first-order valence-electron chi connectivity index (χ1n) is 10.2. The molecule has 5 aromatic rings. The van der Waals surface area contributed by atoms with Crippen LogP contribution in [-0.4, -0.2) is 32.5 Å². The maximum atomic E-state index is 13.9. The highest BCUT2D eigenvalue weighted by molar-refractivity contribution is 5.99. The fourth-order valence-electron chi connectivity index (χ4n) is 3.92. The van der Waals surface area contributed by atoms with Crippen molar-refractivity contribution in [3.8, 4) is 28.3 Å². The van der Waals surface area contributed by atoms with E-state index in [0.29, 0.717) is 5.56 Å². The van der Waals surface area contributed by atoms with Crippen LogP contribution in [0.25, 0.3) is 39.3 Å². The summed E-state index contributed by atoms with van der Waals surface area (Å²) in [5.41, 5.74) is 4.21. The Labute approximate surface area is 194 Å². The molecule has 0 unspecified atom stereocenters. The number of benzene rings is 2. The number of halogens is 3. The third-order valence-electron chi connectivity index (χ3n) is 5.51. The van der Waals surface area contributed by atoms with Crippen molar-refractivity contribution in [3.05, 3.63) is 69.8 Å². The summed E-state index contributed by atoms with van der Waals surface area (Å²) in [5, 5.41) is 9.82. The minimum Gasteiger partial charge on any atom is -0.494 e. The van der Waals surface area contributed by atoms with Crippen LogP contribution in [0.5, 0.6) is 5.75 Å². The molecule has 3 aromatic heterocycles. The van der Waals surface area contributed by atoms with E-state index >= 15 is 0 Å². The molecule has 0 fully saturated rings. The Kier molecular flexibility index (Phi) is 4.90. The number of nitrogens with two attached hydrogens (primary N) is 1. The van der Waals surface area contributed by atoms with Crippen molar-refractivity contribution in [1.82, 2.24) is 19.6 Å². The minimum atomic E-state index is -4.77. The van der Waals surface area contributed by atoms with E-state index < -0.39 is 17.4 Å². The molecule has 35 heavy (non-hydrogen) atoms. The van der Waals surface area contributed by atoms with Gasteiger partial charge in [-0.1, -0.05) is 30.3 Å². The number of aryl methyl sites for hydroxylation is 1. The summed E-state index contributed by atoms with van der Waals surface area (Å²) >= 11 is 0. The van der Waals surface area contributed by atoms with Gasteiger partial charge in [0.25, 0.3) is 5.56 Å². The number of amidine groups is 1. The molecule has 178 valence electrons. The summed E-state index contributed by atoms with van der Waals surface area (Å²) in [6.07, 6.45) is -4.77. The molecule has 0 spiro atoms. The van der Waals surface area contributed by atoms with Crippen LogP contribution in [0.1, 0.15) is 17.0 Å². The fourth-order valence-corrected chi connectivity index (χ4v) is 3.92. The van der Waals surface area contributed by atoms with Crippen LogP contribution < -0.4 is 16.0 Å². The van der Waals surface area contributed by atoms with E-state index in [0.717, 1.165) is 4.52 Å². The van der Waals surface area contributed by atoms with Crippen LogP contribution in [0.15, 0.2) is 51.7 Å². The number of nitrogens with zero attached hydrogens (tertiary/aromatic N) is 3. The SMILES string of the molecule is COc1cc(C(=N)N)cc2oc(-c3c(C)nc4c(-c5ccccc5)c(C(F)(F)F)[nH]n4c3=O)nc12. The Bertz CT molecular complexity index is 1680. The molecule has 0 aliphatic heterocycles. The Hall–Kier alpha value is -4.61. The third kappa shape index (κ3) is 3.50. The van der Waals surface area contributed by atoms with E-state index in [1.54, 1.807) is 18.2 Å². The number of hydrogen-bond donors (Lipinski definition) is 3. The van der Waals surface area contributed by atoms with E-state index in [2.05, 4.69) is 15.1 Å². The zero-order chi connectivity index (χ0) is 25.1. The molecule has 5 rings (SSSR count). The second-order valence-electron chi connectivity index (χ2n) is 7.72. The van der Waals surface area contributed by atoms with Crippen LogP contribution in [0, 0.1) is 12.3 Å².